The van der Waals surface area contributed by atoms with Crippen LogP contribution in [-0.4, -0.2) is 36.3 Å². The van der Waals surface area contributed by atoms with Crippen LogP contribution in [0.25, 0.3) is 0 Å². The second-order valence-corrected chi connectivity index (χ2v) is 6.51. The van der Waals surface area contributed by atoms with Crippen molar-refractivity contribution in [2.24, 2.45) is 0 Å². The van der Waals surface area contributed by atoms with Crippen LogP contribution in [0.4, 0.5) is 10.5 Å². The number of hydrogen-bond acceptors (Lipinski definition) is 3. The fourth-order valence-corrected chi connectivity index (χ4v) is 3.63. The molecule has 0 heterocycles. The van der Waals surface area contributed by atoms with Gasteiger partial charge in [0.25, 0.3) is 0 Å². The minimum atomic E-state index is -0.162. The Bertz CT molecular complexity index is 748. The lowest BCUT2D eigenvalue weighted by molar-refractivity contribution is 0.169. The van der Waals surface area contributed by atoms with Gasteiger partial charge in [-0.15, -0.1) is 0 Å². The molecule has 0 unspecified atom stereocenters. The monoisotopic (exact) mass is 354 g/mol. The number of para-hydroxylation sites is 2. The first-order valence-corrected chi connectivity index (χ1v) is 9.14. The van der Waals surface area contributed by atoms with Gasteiger partial charge in [-0.3, -0.25) is 0 Å². The molecule has 2 N–H and O–H groups in total. The number of carbonyl (C=O) groups excluding carboxylic acids is 1. The van der Waals surface area contributed by atoms with Crippen LogP contribution < -0.4 is 10.1 Å². The molecular formula is C21H26N2O3. The van der Waals surface area contributed by atoms with Crippen LogP contribution >= 0.6 is 0 Å². The summed E-state index contributed by atoms with van der Waals surface area (Å²) < 4.78 is 5.34. The summed E-state index contributed by atoms with van der Waals surface area (Å²) in [6.45, 7) is 0.573. The van der Waals surface area contributed by atoms with Gasteiger partial charge in [0.05, 0.1) is 18.8 Å². The number of carbonyl (C=O) groups is 1. The second-order valence-electron chi connectivity index (χ2n) is 6.51. The van der Waals surface area contributed by atoms with E-state index in [-0.39, 0.29) is 18.7 Å². The zero-order valence-electron chi connectivity index (χ0n) is 15.1. The molecule has 26 heavy (non-hydrogen) atoms. The molecule has 138 valence electrons. The summed E-state index contributed by atoms with van der Waals surface area (Å²) >= 11 is 0. The van der Waals surface area contributed by atoms with Crippen molar-refractivity contribution in [2.45, 2.75) is 31.7 Å². The third kappa shape index (κ3) is 3.99. The van der Waals surface area contributed by atoms with Gasteiger partial charge in [-0.1, -0.05) is 36.4 Å². The van der Waals surface area contributed by atoms with Crippen LogP contribution in [0.2, 0.25) is 0 Å². The molecular weight excluding hydrogens is 328 g/mol. The molecule has 0 saturated carbocycles. The molecule has 0 aromatic heterocycles. The van der Waals surface area contributed by atoms with Gasteiger partial charge in [0.15, 0.2) is 0 Å². The third-order valence-corrected chi connectivity index (χ3v) is 4.88. The number of aryl methyl sites for hydroxylation is 1. The van der Waals surface area contributed by atoms with E-state index >= 15 is 0 Å². The van der Waals surface area contributed by atoms with Crippen molar-refractivity contribution in [1.29, 1.82) is 0 Å². The highest BCUT2D eigenvalue weighted by Crippen LogP contribution is 2.35. The van der Waals surface area contributed by atoms with Crippen molar-refractivity contribution in [1.82, 2.24) is 4.90 Å². The van der Waals surface area contributed by atoms with Gasteiger partial charge in [-0.2, -0.15) is 0 Å². The number of rotatable bonds is 6. The number of aliphatic hydroxyl groups is 1. The number of nitrogens with one attached hydrogen (secondary N) is 1. The van der Waals surface area contributed by atoms with Gasteiger partial charge in [0.1, 0.15) is 5.75 Å². The van der Waals surface area contributed by atoms with Crippen LogP contribution in [0.5, 0.6) is 5.75 Å². The van der Waals surface area contributed by atoms with Gasteiger partial charge in [-0.25, -0.2) is 4.79 Å². The number of benzene rings is 2. The van der Waals surface area contributed by atoms with Gasteiger partial charge in [0, 0.05) is 13.2 Å². The molecule has 1 atom stereocenters. The average Bonchev–Trinajstić information content (AvgIpc) is 2.69. The maximum absolute atomic E-state index is 13.1. The van der Waals surface area contributed by atoms with Crippen LogP contribution in [0.15, 0.2) is 48.5 Å². The summed E-state index contributed by atoms with van der Waals surface area (Å²) in [6, 6.07) is 15.6. The molecule has 5 nitrogen and oxygen atoms in total. The lowest BCUT2D eigenvalue weighted by atomic mass is 9.87. The minimum Gasteiger partial charge on any atom is -0.495 e. The predicted molar refractivity (Wildman–Crippen MR) is 103 cm³/mol. The quantitative estimate of drug-likeness (QED) is 0.824. The van der Waals surface area contributed by atoms with E-state index in [2.05, 4.69) is 17.4 Å². The van der Waals surface area contributed by atoms with Crippen LogP contribution in [0.3, 0.4) is 0 Å². The first-order valence-electron chi connectivity index (χ1n) is 9.14. The van der Waals surface area contributed by atoms with E-state index in [0.29, 0.717) is 24.4 Å². The number of fused-ring (bicyclic) bond motifs is 1. The van der Waals surface area contributed by atoms with Crippen molar-refractivity contribution >= 4 is 11.7 Å². The molecule has 2 aromatic rings. The minimum absolute atomic E-state index is 0.0289. The lowest BCUT2D eigenvalue weighted by Crippen LogP contribution is -2.40. The summed E-state index contributed by atoms with van der Waals surface area (Å²) in [5.74, 6) is 0.631. The number of ether oxygens (including phenoxy) is 1. The second kappa shape index (κ2) is 8.72. The number of hydrogen-bond donors (Lipinski definition) is 2. The fraction of sp³-hybridized carbons (Fsp3) is 0.381. The number of nitrogens with zero attached hydrogens (tertiary/aromatic N) is 1. The molecule has 0 radical (unpaired) electrons. The molecule has 0 saturated heterocycles. The van der Waals surface area contributed by atoms with E-state index in [1.165, 1.54) is 11.1 Å². The van der Waals surface area contributed by atoms with Crippen molar-refractivity contribution in [3.63, 3.8) is 0 Å². The predicted octanol–water partition coefficient (Wildman–Crippen LogP) is 3.99. The van der Waals surface area contributed by atoms with Crippen LogP contribution in [0, 0.1) is 0 Å². The summed E-state index contributed by atoms with van der Waals surface area (Å²) in [5, 5.41) is 12.3. The maximum atomic E-state index is 13.1. The standard InChI is InChI=1S/C21H26N2O3/c1-26-20-13-5-4-11-18(20)22-21(25)23(14-7-15-24)19-12-6-9-16-8-2-3-10-17(16)19/h2-5,8,10-11,13,19,24H,6-7,9,12,14-15H2,1H3,(H,22,25)/t19-/m1/s1. The van der Waals surface area contributed by atoms with E-state index < -0.39 is 0 Å². The van der Waals surface area contributed by atoms with E-state index in [1.54, 1.807) is 7.11 Å². The largest absolute Gasteiger partial charge is 0.495 e. The summed E-state index contributed by atoms with van der Waals surface area (Å²) in [7, 11) is 1.59. The Morgan fingerprint density at radius 1 is 1.23 bits per heavy atom. The number of methoxy groups -OCH3 is 1. The Labute approximate surface area is 154 Å². The summed E-state index contributed by atoms with van der Waals surface area (Å²) in [6.07, 6.45) is 3.59. The Kier molecular flexibility index (Phi) is 6.12. The lowest BCUT2D eigenvalue weighted by Gasteiger charge is -2.36. The molecule has 3 rings (SSSR count). The molecule has 2 amide bonds. The van der Waals surface area contributed by atoms with Crippen molar-refractivity contribution in [3.05, 3.63) is 59.7 Å². The Morgan fingerprint density at radius 2 is 2.00 bits per heavy atom. The number of anilines is 1. The van der Waals surface area contributed by atoms with Crippen molar-refractivity contribution < 1.29 is 14.6 Å². The highest BCUT2D eigenvalue weighted by atomic mass is 16.5. The van der Waals surface area contributed by atoms with Gasteiger partial charge < -0.3 is 20.1 Å². The molecule has 0 bridgehead atoms. The normalized spacial score (nSPS) is 15.8. The van der Waals surface area contributed by atoms with Gasteiger partial charge >= 0.3 is 6.03 Å². The third-order valence-electron chi connectivity index (χ3n) is 4.88. The van der Waals surface area contributed by atoms with E-state index in [0.717, 1.165) is 19.3 Å². The van der Waals surface area contributed by atoms with E-state index in [1.807, 2.05) is 41.3 Å². The molecule has 2 aromatic carbocycles. The van der Waals surface area contributed by atoms with Crippen LogP contribution in [-0.2, 0) is 6.42 Å². The zero-order chi connectivity index (χ0) is 18.4. The Morgan fingerprint density at radius 3 is 2.81 bits per heavy atom. The molecule has 0 fully saturated rings. The first kappa shape index (κ1) is 18.3. The summed E-state index contributed by atoms with van der Waals surface area (Å²) in [4.78, 5) is 14.9. The van der Waals surface area contributed by atoms with Gasteiger partial charge in [-0.05, 0) is 48.9 Å². The molecule has 1 aliphatic rings. The van der Waals surface area contributed by atoms with E-state index in [9.17, 15) is 9.90 Å². The molecule has 0 spiro atoms. The van der Waals surface area contributed by atoms with Gasteiger partial charge in [0.2, 0.25) is 0 Å². The molecule has 1 aliphatic carbocycles. The number of aliphatic hydroxyl groups excluding tert-OH is 1. The van der Waals surface area contributed by atoms with Crippen molar-refractivity contribution in [2.75, 3.05) is 25.6 Å². The zero-order valence-corrected chi connectivity index (χ0v) is 15.1. The SMILES string of the molecule is COc1ccccc1NC(=O)N(CCCO)[C@@H]1CCCc2ccccc21. The maximum Gasteiger partial charge on any atom is 0.322 e. The summed E-state index contributed by atoms with van der Waals surface area (Å²) in [5.41, 5.74) is 3.17. The fourth-order valence-electron chi connectivity index (χ4n) is 3.63. The topological polar surface area (TPSA) is 61.8 Å². The number of amides is 2. The smallest absolute Gasteiger partial charge is 0.322 e. The number of urea groups is 1. The molecule has 0 aliphatic heterocycles. The Hall–Kier alpha value is -2.53. The molecule has 5 heteroatoms. The van der Waals surface area contributed by atoms with Crippen molar-refractivity contribution in [3.8, 4) is 5.75 Å². The van der Waals surface area contributed by atoms with Crippen LogP contribution in [0.1, 0.15) is 36.4 Å². The average molecular weight is 354 g/mol. The van der Waals surface area contributed by atoms with E-state index in [4.69, 9.17) is 4.74 Å². The highest BCUT2D eigenvalue weighted by molar-refractivity contribution is 5.91. The first-order chi connectivity index (χ1) is 12.7. The highest BCUT2D eigenvalue weighted by Gasteiger charge is 2.29. The Balaban J connectivity index is 1.85.